The Labute approximate surface area is 230 Å². The van der Waals surface area contributed by atoms with Crippen LogP contribution in [0.25, 0.3) is 22.0 Å². The number of aryl methyl sites for hydroxylation is 1. The average molecular weight is 538 g/mol. The van der Waals surface area contributed by atoms with Gasteiger partial charge in [-0.15, -0.1) is 23.1 Å². The van der Waals surface area contributed by atoms with Gasteiger partial charge in [-0.1, -0.05) is 73.7 Å². The number of rotatable bonds is 8. The second-order valence-electron chi connectivity index (χ2n) is 8.84. The van der Waals surface area contributed by atoms with Crippen molar-refractivity contribution in [3.8, 4) is 11.3 Å². The molecule has 0 aliphatic carbocycles. The molecule has 5 rings (SSSR count). The number of carbonyl (C=O) groups excluding carboxylic acids is 2. The van der Waals surface area contributed by atoms with E-state index in [2.05, 4.69) is 15.6 Å². The molecule has 0 fully saturated rings. The van der Waals surface area contributed by atoms with E-state index in [1.165, 1.54) is 23.1 Å². The lowest BCUT2D eigenvalue weighted by molar-refractivity contribution is -0.115. The normalized spacial score (nSPS) is 11.7. The molecular formula is C31H27N3O2S2. The summed E-state index contributed by atoms with van der Waals surface area (Å²) in [4.78, 5) is 32.7. The molecule has 0 saturated carbocycles. The third kappa shape index (κ3) is 5.96. The first-order valence-corrected chi connectivity index (χ1v) is 14.1. The van der Waals surface area contributed by atoms with E-state index in [1.807, 2.05) is 111 Å². The van der Waals surface area contributed by atoms with Crippen molar-refractivity contribution >= 4 is 56.5 Å². The molecule has 190 valence electrons. The summed E-state index contributed by atoms with van der Waals surface area (Å²) < 4.78 is 0. The van der Waals surface area contributed by atoms with E-state index in [-0.39, 0.29) is 17.1 Å². The standard InChI is InChI=1S/C31H27N3O2S2/c1-3-27(30(36)34-31-33-28(20(2)37-31)22-11-5-4-6-12-22)38-26-15-9-14-25(19-26)32-29(35)24-17-16-21-10-7-8-13-23(21)18-24/h4-19,27H,3H2,1-2H3,(H,32,35)(H,33,34,36). The summed E-state index contributed by atoms with van der Waals surface area (Å²) in [7, 11) is 0. The summed E-state index contributed by atoms with van der Waals surface area (Å²) in [6, 6.07) is 31.2. The summed E-state index contributed by atoms with van der Waals surface area (Å²) in [5, 5.41) is 8.40. The zero-order valence-electron chi connectivity index (χ0n) is 21.1. The van der Waals surface area contributed by atoms with Gasteiger partial charge in [-0.25, -0.2) is 4.98 Å². The number of thioether (sulfide) groups is 1. The van der Waals surface area contributed by atoms with Crippen LogP contribution in [0, 0.1) is 6.92 Å². The van der Waals surface area contributed by atoms with Crippen LogP contribution in [0.3, 0.4) is 0 Å². The molecule has 0 aliphatic rings. The number of fused-ring (bicyclic) bond motifs is 1. The van der Waals surface area contributed by atoms with Gasteiger partial charge in [0.1, 0.15) is 0 Å². The van der Waals surface area contributed by atoms with Crippen molar-refractivity contribution in [2.75, 3.05) is 10.6 Å². The number of thiazole rings is 1. The molecule has 1 aromatic heterocycles. The summed E-state index contributed by atoms with van der Waals surface area (Å²) in [6.45, 7) is 4.00. The Morgan fingerprint density at radius 3 is 2.42 bits per heavy atom. The predicted molar refractivity (Wildman–Crippen MR) is 159 cm³/mol. The second-order valence-corrected chi connectivity index (χ2v) is 11.3. The zero-order valence-corrected chi connectivity index (χ0v) is 22.7. The van der Waals surface area contributed by atoms with E-state index in [0.29, 0.717) is 22.8 Å². The highest BCUT2D eigenvalue weighted by Gasteiger charge is 2.21. The first kappa shape index (κ1) is 25.7. The highest BCUT2D eigenvalue weighted by molar-refractivity contribution is 8.00. The number of aromatic nitrogens is 1. The molecule has 0 radical (unpaired) electrons. The SMILES string of the molecule is CCC(Sc1cccc(NC(=O)c2ccc3ccccc3c2)c1)C(=O)Nc1nc(-c2ccccc2)c(C)s1. The smallest absolute Gasteiger partial charge is 0.255 e. The van der Waals surface area contributed by atoms with Gasteiger partial charge >= 0.3 is 0 Å². The number of carbonyl (C=O) groups is 2. The number of benzene rings is 4. The summed E-state index contributed by atoms with van der Waals surface area (Å²) in [5.41, 5.74) is 3.21. The van der Waals surface area contributed by atoms with Crippen molar-refractivity contribution < 1.29 is 9.59 Å². The van der Waals surface area contributed by atoms with E-state index >= 15 is 0 Å². The van der Waals surface area contributed by atoms with Crippen LogP contribution in [0.1, 0.15) is 28.6 Å². The monoisotopic (exact) mass is 537 g/mol. The summed E-state index contributed by atoms with van der Waals surface area (Å²) in [6.07, 6.45) is 0.653. The van der Waals surface area contributed by atoms with Crippen molar-refractivity contribution in [3.63, 3.8) is 0 Å². The first-order chi connectivity index (χ1) is 18.5. The van der Waals surface area contributed by atoms with Crippen LogP contribution < -0.4 is 10.6 Å². The molecule has 7 heteroatoms. The number of amides is 2. The van der Waals surface area contributed by atoms with Gasteiger partial charge in [0.15, 0.2) is 5.13 Å². The fourth-order valence-corrected chi connectivity index (χ4v) is 6.02. The molecule has 1 atom stereocenters. The van der Waals surface area contributed by atoms with Crippen LogP contribution in [0.4, 0.5) is 10.8 Å². The Morgan fingerprint density at radius 1 is 0.868 bits per heavy atom. The maximum Gasteiger partial charge on any atom is 0.255 e. The first-order valence-electron chi connectivity index (χ1n) is 12.4. The molecule has 0 bridgehead atoms. The van der Waals surface area contributed by atoms with Gasteiger partial charge in [0.25, 0.3) is 5.91 Å². The van der Waals surface area contributed by atoms with Crippen LogP contribution in [0.2, 0.25) is 0 Å². The fourth-order valence-electron chi connectivity index (χ4n) is 4.17. The third-order valence-electron chi connectivity index (χ3n) is 6.12. The lowest BCUT2D eigenvalue weighted by Gasteiger charge is -2.14. The molecule has 0 spiro atoms. The van der Waals surface area contributed by atoms with Crippen LogP contribution in [-0.4, -0.2) is 22.0 Å². The van der Waals surface area contributed by atoms with Gasteiger partial charge in [0, 0.05) is 26.6 Å². The number of hydrogen-bond acceptors (Lipinski definition) is 5. The van der Waals surface area contributed by atoms with Gasteiger partial charge in [-0.2, -0.15) is 0 Å². The largest absolute Gasteiger partial charge is 0.322 e. The zero-order chi connectivity index (χ0) is 26.5. The van der Waals surface area contributed by atoms with Crippen molar-refractivity contribution in [1.82, 2.24) is 4.98 Å². The average Bonchev–Trinajstić information content (AvgIpc) is 3.31. The Hall–Kier alpha value is -3.94. The maximum absolute atomic E-state index is 13.1. The molecule has 38 heavy (non-hydrogen) atoms. The molecule has 4 aromatic carbocycles. The van der Waals surface area contributed by atoms with Crippen LogP contribution in [0.15, 0.2) is 102 Å². The highest BCUT2D eigenvalue weighted by atomic mass is 32.2. The maximum atomic E-state index is 13.1. The van der Waals surface area contributed by atoms with Crippen LogP contribution in [0.5, 0.6) is 0 Å². The minimum atomic E-state index is -0.300. The van der Waals surface area contributed by atoms with Gasteiger partial charge < -0.3 is 10.6 Å². The second kappa shape index (κ2) is 11.6. The number of nitrogens with zero attached hydrogens (tertiary/aromatic N) is 1. The highest BCUT2D eigenvalue weighted by Crippen LogP contribution is 2.32. The summed E-state index contributed by atoms with van der Waals surface area (Å²) in [5.74, 6) is -0.257. The van der Waals surface area contributed by atoms with Gasteiger partial charge in [-0.3, -0.25) is 9.59 Å². The van der Waals surface area contributed by atoms with Crippen molar-refractivity contribution in [1.29, 1.82) is 0 Å². The molecule has 0 saturated heterocycles. The molecule has 0 aliphatic heterocycles. The van der Waals surface area contributed by atoms with Crippen molar-refractivity contribution in [3.05, 3.63) is 108 Å². The van der Waals surface area contributed by atoms with E-state index < -0.39 is 0 Å². The minimum absolute atomic E-state index is 0.0866. The number of hydrogen-bond donors (Lipinski definition) is 2. The number of anilines is 2. The lowest BCUT2D eigenvalue weighted by Crippen LogP contribution is -2.24. The molecule has 5 aromatic rings. The van der Waals surface area contributed by atoms with E-state index in [0.717, 1.165) is 31.8 Å². The lowest BCUT2D eigenvalue weighted by atomic mass is 10.1. The minimum Gasteiger partial charge on any atom is -0.322 e. The summed E-state index contributed by atoms with van der Waals surface area (Å²) >= 11 is 2.96. The van der Waals surface area contributed by atoms with Crippen LogP contribution in [-0.2, 0) is 4.79 Å². The van der Waals surface area contributed by atoms with Crippen LogP contribution >= 0.6 is 23.1 Å². The number of nitrogens with one attached hydrogen (secondary N) is 2. The fraction of sp³-hybridized carbons (Fsp3) is 0.129. The van der Waals surface area contributed by atoms with E-state index in [1.54, 1.807) is 0 Å². The van der Waals surface area contributed by atoms with E-state index in [9.17, 15) is 9.59 Å². The molecule has 1 unspecified atom stereocenters. The third-order valence-corrected chi connectivity index (χ3v) is 8.36. The Balaban J connectivity index is 1.25. The van der Waals surface area contributed by atoms with Gasteiger partial charge in [-0.05, 0) is 54.4 Å². The topological polar surface area (TPSA) is 71.1 Å². The molecule has 2 amide bonds. The molecule has 5 nitrogen and oxygen atoms in total. The quantitative estimate of drug-likeness (QED) is 0.197. The molecule has 1 heterocycles. The molecule has 2 N–H and O–H groups in total. The Kier molecular flexibility index (Phi) is 7.86. The van der Waals surface area contributed by atoms with Gasteiger partial charge in [0.05, 0.1) is 10.9 Å². The van der Waals surface area contributed by atoms with Gasteiger partial charge in [0.2, 0.25) is 5.91 Å². The molecular weight excluding hydrogens is 510 g/mol. The Morgan fingerprint density at radius 2 is 1.63 bits per heavy atom. The predicted octanol–water partition coefficient (Wildman–Crippen LogP) is 8.03. The van der Waals surface area contributed by atoms with Crippen molar-refractivity contribution in [2.24, 2.45) is 0 Å². The van der Waals surface area contributed by atoms with Crippen molar-refractivity contribution in [2.45, 2.75) is 30.4 Å². The Bertz CT molecular complexity index is 1600. The van der Waals surface area contributed by atoms with E-state index in [4.69, 9.17) is 0 Å².